The summed E-state index contributed by atoms with van der Waals surface area (Å²) >= 11 is 5.90. The van der Waals surface area contributed by atoms with Crippen molar-refractivity contribution in [2.45, 2.75) is 31.1 Å². The molecule has 1 aromatic heterocycles. The highest BCUT2D eigenvalue weighted by Crippen LogP contribution is 2.25. The van der Waals surface area contributed by atoms with E-state index in [1.165, 1.54) is 22.6 Å². The first-order chi connectivity index (χ1) is 16.2. The number of nitrogens with one attached hydrogen (secondary N) is 1. The van der Waals surface area contributed by atoms with E-state index < -0.39 is 21.4 Å². The van der Waals surface area contributed by atoms with Crippen LogP contribution in [-0.2, 0) is 23.5 Å². The van der Waals surface area contributed by atoms with Gasteiger partial charge in [0.05, 0.1) is 10.4 Å². The minimum absolute atomic E-state index is 0.0209. The molecule has 0 saturated carbocycles. The second kappa shape index (κ2) is 9.90. The summed E-state index contributed by atoms with van der Waals surface area (Å²) in [7, 11) is -1.98. The van der Waals surface area contributed by atoms with E-state index in [0.29, 0.717) is 42.5 Å². The second-order valence-corrected chi connectivity index (χ2v) is 11.3. The van der Waals surface area contributed by atoms with Gasteiger partial charge in [0, 0.05) is 43.3 Å². The van der Waals surface area contributed by atoms with E-state index in [9.17, 15) is 18.0 Å². The van der Waals surface area contributed by atoms with Crippen LogP contribution in [0.1, 0.15) is 35.7 Å². The van der Waals surface area contributed by atoms with Crippen molar-refractivity contribution in [2.75, 3.05) is 19.6 Å². The number of carbonyl (C=O) groups is 1. The van der Waals surface area contributed by atoms with Crippen LogP contribution in [0.25, 0.3) is 10.9 Å². The SMILES string of the molecule is CC1CCN(S(=O)(=O)c2ccc3c(c2)c(=O)c(C(=O)NCCc2ccc(Cl)cc2)cn3C)CC1. The van der Waals surface area contributed by atoms with Crippen molar-refractivity contribution in [1.29, 1.82) is 0 Å². The number of piperidine rings is 1. The lowest BCUT2D eigenvalue weighted by Crippen LogP contribution is -2.38. The quantitative estimate of drug-likeness (QED) is 0.559. The van der Waals surface area contributed by atoms with E-state index in [-0.39, 0.29) is 15.8 Å². The molecule has 0 spiro atoms. The topological polar surface area (TPSA) is 88.5 Å². The van der Waals surface area contributed by atoms with Crippen molar-refractivity contribution >= 4 is 38.4 Å². The molecule has 7 nitrogen and oxygen atoms in total. The van der Waals surface area contributed by atoms with Crippen LogP contribution < -0.4 is 10.7 Å². The Hall–Kier alpha value is -2.68. The molecule has 0 unspecified atom stereocenters. The van der Waals surface area contributed by atoms with Gasteiger partial charge in [0.2, 0.25) is 15.5 Å². The standard InChI is InChI=1S/C25H28ClN3O4S/c1-17-10-13-29(14-11-17)34(32,33)20-7-8-23-21(15-20)24(30)22(16-28(23)2)25(31)27-12-9-18-3-5-19(26)6-4-18/h3-8,15-17H,9-14H2,1-2H3,(H,27,31). The molecule has 0 atom stereocenters. The summed E-state index contributed by atoms with van der Waals surface area (Å²) in [6.45, 7) is 3.40. The molecule has 3 aromatic rings. The lowest BCUT2D eigenvalue weighted by atomic mass is 10.0. The molecule has 2 heterocycles. The van der Waals surface area contributed by atoms with Crippen molar-refractivity contribution in [2.24, 2.45) is 13.0 Å². The minimum atomic E-state index is -3.71. The zero-order chi connectivity index (χ0) is 24.5. The maximum Gasteiger partial charge on any atom is 0.256 e. The highest BCUT2D eigenvalue weighted by atomic mass is 35.5. The zero-order valence-electron chi connectivity index (χ0n) is 19.3. The van der Waals surface area contributed by atoms with Crippen molar-refractivity contribution in [3.63, 3.8) is 0 Å². The number of carbonyl (C=O) groups excluding carboxylic acids is 1. The smallest absolute Gasteiger partial charge is 0.256 e. The Labute approximate surface area is 204 Å². The number of nitrogens with zero attached hydrogens (tertiary/aromatic N) is 2. The van der Waals surface area contributed by atoms with E-state index in [2.05, 4.69) is 12.2 Å². The summed E-state index contributed by atoms with van der Waals surface area (Å²) in [6, 6.07) is 11.9. The lowest BCUT2D eigenvalue weighted by Gasteiger charge is -2.29. The van der Waals surface area contributed by atoms with Gasteiger partial charge in [-0.25, -0.2) is 8.42 Å². The van der Waals surface area contributed by atoms with Gasteiger partial charge in [-0.1, -0.05) is 30.7 Å². The number of benzene rings is 2. The van der Waals surface area contributed by atoms with Crippen LogP contribution >= 0.6 is 11.6 Å². The highest BCUT2D eigenvalue weighted by Gasteiger charge is 2.28. The number of amides is 1. The van der Waals surface area contributed by atoms with Gasteiger partial charge in [0.1, 0.15) is 5.56 Å². The number of aromatic nitrogens is 1. The van der Waals surface area contributed by atoms with Crippen LogP contribution in [0, 0.1) is 5.92 Å². The van der Waals surface area contributed by atoms with Crippen LogP contribution in [0.2, 0.25) is 5.02 Å². The molecular formula is C25H28ClN3O4S. The predicted molar refractivity (Wildman–Crippen MR) is 134 cm³/mol. The van der Waals surface area contributed by atoms with Crippen LogP contribution in [0.3, 0.4) is 0 Å². The number of halogens is 1. The Bertz CT molecular complexity index is 1380. The van der Waals surface area contributed by atoms with E-state index in [4.69, 9.17) is 11.6 Å². The Kier molecular flexibility index (Phi) is 7.12. The summed E-state index contributed by atoms with van der Waals surface area (Å²) < 4.78 is 29.5. The maximum atomic E-state index is 13.2. The van der Waals surface area contributed by atoms with Gasteiger partial charge in [-0.3, -0.25) is 9.59 Å². The fourth-order valence-electron chi connectivity index (χ4n) is 4.23. The number of hydrogen-bond acceptors (Lipinski definition) is 4. The fourth-order valence-corrected chi connectivity index (χ4v) is 5.86. The summed E-state index contributed by atoms with van der Waals surface area (Å²) in [4.78, 5) is 26.1. The van der Waals surface area contributed by atoms with Crippen molar-refractivity contribution < 1.29 is 13.2 Å². The number of aryl methyl sites for hydroxylation is 1. The van der Waals surface area contributed by atoms with Crippen molar-refractivity contribution in [3.8, 4) is 0 Å². The summed E-state index contributed by atoms with van der Waals surface area (Å²) in [6.07, 6.45) is 3.71. The molecule has 4 rings (SSSR count). The first-order valence-corrected chi connectivity index (χ1v) is 13.1. The van der Waals surface area contributed by atoms with E-state index >= 15 is 0 Å². The van der Waals surface area contributed by atoms with Crippen molar-refractivity contribution in [3.05, 3.63) is 75.0 Å². The Balaban J connectivity index is 1.59. The third-order valence-electron chi connectivity index (χ3n) is 6.40. The number of rotatable bonds is 6. The average molecular weight is 502 g/mol. The molecule has 0 bridgehead atoms. The van der Waals surface area contributed by atoms with Crippen molar-refractivity contribution in [1.82, 2.24) is 14.2 Å². The zero-order valence-corrected chi connectivity index (χ0v) is 20.8. The first kappa shape index (κ1) is 24.4. The number of hydrogen-bond donors (Lipinski definition) is 1. The molecule has 180 valence electrons. The van der Waals surface area contributed by atoms with Gasteiger partial charge in [-0.05, 0) is 61.1 Å². The minimum Gasteiger partial charge on any atom is -0.352 e. The first-order valence-electron chi connectivity index (χ1n) is 11.3. The maximum absolute atomic E-state index is 13.2. The van der Waals surface area contributed by atoms with E-state index in [1.54, 1.807) is 29.8 Å². The molecule has 2 aromatic carbocycles. The highest BCUT2D eigenvalue weighted by molar-refractivity contribution is 7.89. The molecule has 34 heavy (non-hydrogen) atoms. The number of fused-ring (bicyclic) bond motifs is 1. The molecular weight excluding hydrogens is 474 g/mol. The lowest BCUT2D eigenvalue weighted by molar-refractivity contribution is 0.0952. The van der Waals surface area contributed by atoms with E-state index in [0.717, 1.165) is 18.4 Å². The van der Waals surface area contributed by atoms with Gasteiger partial charge in [-0.2, -0.15) is 4.31 Å². The van der Waals surface area contributed by atoms with Crippen LogP contribution in [0.4, 0.5) is 0 Å². The monoisotopic (exact) mass is 501 g/mol. The van der Waals surface area contributed by atoms with Gasteiger partial charge >= 0.3 is 0 Å². The van der Waals surface area contributed by atoms with Gasteiger partial charge in [0.25, 0.3) is 5.91 Å². The van der Waals surface area contributed by atoms with E-state index in [1.807, 2.05) is 12.1 Å². The van der Waals surface area contributed by atoms with Gasteiger partial charge < -0.3 is 9.88 Å². The summed E-state index contributed by atoms with van der Waals surface area (Å²) in [5, 5.41) is 3.63. The van der Waals surface area contributed by atoms with Gasteiger partial charge in [0.15, 0.2) is 0 Å². The summed E-state index contributed by atoms with van der Waals surface area (Å²) in [5.74, 6) is 0.00542. The molecule has 1 fully saturated rings. The molecule has 1 aliphatic heterocycles. The largest absolute Gasteiger partial charge is 0.352 e. The Morgan fingerprint density at radius 3 is 2.47 bits per heavy atom. The van der Waals surface area contributed by atoms with Crippen LogP contribution in [-0.4, -0.2) is 42.8 Å². The van der Waals surface area contributed by atoms with Gasteiger partial charge in [-0.15, -0.1) is 0 Å². The molecule has 1 saturated heterocycles. The normalized spacial score (nSPS) is 15.5. The summed E-state index contributed by atoms with van der Waals surface area (Å²) in [5.41, 5.74) is 1.07. The molecule has 0 aliphatic carbocycles. The predicted octanol–water partition coefficient (Wildman–Crippen LogP) is 3.59. The molecule has 0 radical (unpaired) electrons. The average Bonchev–Trinajstić information content (AvgIpc) is 2.82. The molecule has 1 N–H and O–H groups in total. The van der Waals surface area contributed by atoms with Crippen LogP contribution in [0.5, 0.6) is 0 Å². The Morgan fingerprint density at radius 1 is 1.12 bits per heavy atom. The number of pyridine rings is 1. The Morgan fingerprint density at radius 2 is 1.79 bits per heavy atom. The third kappa shape index (κ3) is 5.04. The number of sulfonamides is 1. The molecule has 9 heteroatoms. The third-order valence-corrected chi connectivity index (χ3v) is 8.54. The molecule has 1 aliphatic rings. The fraction of sp³-hybridized carbons (Fsp3) is 0.360. The second-order valence-electron chi connectivity index (χ2n) is 8.88. The van der Waals surface area contributed by atoms with Crippen LogP contribution in [0.15, 0.2) is 58.4 Å². The molecule has 1 amide bonds.